The quantitative estimate of drug-likeness (QED) is 0.798. The molecule has 0 spiro atoms. The summed E-state index contributed by atoms with van der Waals surface area (Å²) in [5.74, 6) is 0. The van der Waals surface area contributed by atoms with E-state index in [2.05, 4.69) is 29.1 Å². The molecule has 0 radical (unpaired) electrons. The molecule has 0 saturated carbocycles. The van der Waals surface area contributed by atoms with E-state index < -0.39 is 0 Å². The molecular weight excluding hydrogens is 334 g/mol. The maximum Gasteiger partial charge on any atom is 0.177 e. The van der Waals surface area contributed by atoms with Crippen LogP contribution in [0.2, 0.25) is 5.02 Å². The highest BCUT2D eigenvalue weighted by Gasteiger charge is 2.38. The topological polar surface area (TPSA) is 24.0 Å². The fourth-order valence-corrected chi connectivity index (χ4v) is 5.97. The van der Waals surface area contributed by atoms with Crippen molar-refractivity contribution in [3.05, 3.63) is 21.9 Å². The molecule has 22 heavy (non-hydrogen) atoms. The standard InChI is InChI=1S/C16H20ClN3S2/c1-19-9-3-4-10(19)8-11(7-9)22-13-6-5-12-15(14(13)17)20(2)16(21)18-12/h5-6,9-11H,3-4,7-8H2,1-2H3,(H,18,21)/t9-,10+,11?. The van der Waals surface area contributed by atoms with E-state index >= 15 is 0 Å². The van der Waals surface area contributed by atoms with Crippen LogP contribution in [0.25, 0.3) is 11.0 Å². The lowest BCUT2D eigenvalue weighted by atomic mass is 10.0. The number of aryl methyl sites for hydroxylation is 1. The van der Waals surface area contributed by atoms with Gasteiger partial charge in [-0.1, -0.05) is 11.6 Å². The van der Waals surface area contributed by atoms with Crippen LogP contribution < -0.4 is 0 Å². The Morgan fingerprint density at radius 1 is 1.23 bits per heavy atom. The molecule has 1 N–H and O–H groups in total. The van der Waals surface area contributed by atoms with Gasteiger partial charge in [-0.15, -0.1) is 11.8 Å². The maximum atomic E-state index is 6.68. The van der Waals surface area contributed by atoms with E-state index in [9.17, 15) is 0 Å². The average Bonchev–Trinajstić information content (AvgIpc) is 2.88. The van der Waals surface area contributed by atoms with E-state index in [-0.39, 0.29) is 0 Å². The first-order chi connectivity index (χ1) is 10.5. The summed E-state index contributed by atoms with van der Waals surface area (Å²) in [6, 6.07) is 5.77. The summed E-state index contributed by atoms with van der Waals surface area (Å²) in [4.78, 5) is 6.97. The lowest BCUT2D eigenvalue weighted by molar-refractivity contribution is 0.183. The van der Waals surface area contributed by atoms with Gasteiger partial charge in [-0.05, 0) is 57.1 Å². The Kier molecular flexibility index (Phi) is 3.80. The van der Waals surface area contributed by atoms with Crippen LogP contribution >= 0.6 is 35.6 Å². The second-order valence-electron chi connectivity index (χ2n) is 6.52. The highest BCUT2D eigenvalue weighted by molar-refractivity contribution is 8.00. The van der Waals surface area contributed by atoms with Crippen LogP contribution in [-0.4, -0.2) is 38.8 Å². The molecule has 4 rings (SSSR count). The SMILES string of the molecule is CN1[C@@H]2CC[C@H]1CC(Sc1ccc3[nH]c(=S)n(C)c3c1Cl)C2. The highest BCUT2D eigenvalue weighted by Crippen LogP contribution is 2.44. The molecule has 2 aromatic rings. The van der Waals surface area contributed by atoms with Crippen LogP contribution in [-0.2, 0) is 7.05 Å². The minimum Gasteiger partial charge on any atom is -0.331 e. The van der Waals surface area contributed by atoms with Gasteiger partial charge in [-0.25, -0.2) is 0 Å². The van der Waals surface area contributed by atoms with Crippen LogP contribution in [0.5, 0.6) is 0 Å². The summed E-state index contributed by atoms with van der Waals surface area (Å²) in [5, 5.41) is 1.51. The monoisotopic (exact) mass is 353 g/mol. The van der Waals surface area contributed by atoms with Crippen LogP contribution in [0.1, 0.15) is 25.7 Å². The fraction of sp³-hybridized carbons (Fsp3) is 0.562. The normalized spacial score (nSPS) is 28.6. The predicted molar refractivity (Wildman–Crippen MR) is 96.6 cm³/mol. The number of aromatic amines is 1. The van der Waals surface area contributed by atoms with Gasteiger partial charge in [0, 0.05) is 29.3 Å². The van der Waals surface area contributed by atoms with Crippen molar-refractivity contribution >= 4 is 46.6 Å². The molecule has 0 amide bonds. The fourth-order valence-electron chi connectivity index (χ4n) is 4.00. The third-order valence-electron chi connectivity index (χ3n) is 5.31. The predicted octanol–water partition coefficient (Wildman–Crippen LogP) is 4.61. The van der Waals surface area contributed by atoms with Gasteiger partial charge in [0.1, 0.15) is 0 Å². The van der Waals surface area contributed by atoms with E-state index in [1.54, 1.807) is 0 Å². The number of hydrogen-bond acceptors (Lipinski definition) is 3. The molecule has 2 aliphatic rings. The van der Waals surface area contributed by atoms with Crippen LogP contribution in [0, 0.1) is 4.77 Å². The van der Waals surface area contributed by atoms with E-state index in [0.29, 0.717) is 5.25 Å². The van der Waals surface area contributed by atoms with E-state index in [0.717, 1.165) is 32.9 Å². The molecular formula is C16H20ClN3S2. The number of hydrogen-bond donors (Lipinski definition) is 1. The summed E-state index contributed by atoms with van der Waals surface area (Å²) < 4.78 is 2.69. The zero-order valence-electron chi connectivity index (χ0n) is 12.8. The second-order valence-corrected chi connectivity index (χ2v) is 8.63. The number of thioether (sulfide) groups is 1. The average molecular weight is 354 g/mol. The van der Waals surface area contributed by atoms with E-state index in [4.69, 9.17) is 23.8 Å². The minimum atomic E-state index is 0.677. The molecule has 2 fully saturated rings. The van der Waals surface area contributed by atoms with Crippen LogP contribution in [0.3, 0.4) is 0 Å². The molecule has 2 aliphatic heterocycles. The van der Waals surface area contributed by atoms with Gasteiger partial charge in [0.15, 0.2) is 4.77 Å². The number of nitrogens with zero attached hydrogens (tertiary/aromatic N) is 2. The summed E-state index contributed by atoms with van der Waals surface area (Å²) >= 11 is 13.9. The Bertz CT molecular complexity index is 768. The highest BCUT2D eigenvalue weighted by atomic mass is 35.5. The van der Waals surface area contributed by atoms with Gasteiger partial charge >= 0.3 is 0 Å². The third kappa shape index (κ3) is 2.33. The molecule has 3 nitrogen and oxygen atoms in total. The first-order valence-electron chi connectivity index (χ1n) is 7.80. The lowest BCUT2D eigenvalue weighted by Gasteiger charge is -2.36. The van der Waals surface area contributed by atoms with Gasteiger partial charge in [0.25, 0.3) is 0 Å². The molecule has 6 heteroatoms. The molecule has 2 bridgehead atoms. The van der Waals surface area contributed by atoms with Crippen molar-refractivity contribution in [3.8, 4) is 0 Å². The number of nitrogens with one attached hydrogen (secondary N) is 1. The first kappa shape index (κ1) is 15.1. The minimum absolute atomic E-state index is 0.677. The Labute approximate surface area is 145 Å². The second kappa shape index (κ2) is 5.55. The molecule has 2 saturated heterocycles. The number of fused-ring (bicyclic) bond motifs is 3. The number of aromatic nitrogens is 2. The number of rotatable bonds is 2. The number of imidazole rings is 1. The largest absolute Gasteiger partial charge is 0.331 e. The lowest BCUT2D eigenvalue weighted by Crippen LogP contribution is -2.40. The van der Waals surface area contributed by atoms with Gasteiger partial charge in [0.2, 0.25) is 0 Å². The maximum absolute atomic E-state index is 6.68. The molecule has 3 heterocycles. The molecule has 0 aliphatic carbocycles. The zero-order valence-corrected chi connectivity index (χ0v) is 15.2. The van der Waals surface area contributed by atoms with Gasteiger partial charge in [-0.3, -0.25) is 0 Å². The zero-order chi connectivity index (χ0) is 15.4. The third-order valence-corrected chi connectivity index (χ3v) is 7.49. The number of halogens is 1. The van der Waals surface area contributed by atoms with Crippen molar-refractivity contribution in [1.82, 2.24) is 14.5 Å². The Morgan fingerprint density at radius 3 is 2.59 bits per heavy atom. The summed E-state index contributed by atoms with van der Waals surface area (Å²) in [6.45, 7) is 0. The van der Waals surface area contributed by atoms with E-state index in [1.807, 2.05) is 23.4 Å². The Balaban J connectivity index is 1.64. The van der Waals surface area contributed by atoms with Gasteiger partial charge in [0.05, 0.1) is 16.1 Å². The number of benzene rings is 1. The van der Waals surface area contributed by atoms with Crippen molar-refractivity contribution in [2.24, 2.45) is 7.05 Å². The van der Waals surface area contributed by atoms with Crippen LogP contribution in [0.4, 0.5) is 0 Å². The van der Waals surface area contributed by atoms with Crippen molar-refractivity contribution in [2.75, 3.05) is 7.05 Å². The molecule has 118 valence electrons. The Hall–Kier alpha value is -0.490. The molecule has 1 aromatic carbocycles. The Morgan fingerprint density at radius 2 is 1.91 bits per heavy atom. The summed E-state index contributed by atoms with van der Waals surface area (Å²) in [7, 11) is 4.25. The van der Waals surface area contributed by atoms with Crippen molar-refractivity contribution in [1.29, 1.82) is 0 Å². The summed E-state index contributed by atoms with van der Waals surface area (Å²) in [5.41, 5.74) is 2.04. The van der Waals surface area contributed by atoms with Gasteiger partial charge in [-0.2, -0.15) is 0 Å². The molecule has 1 aromatic heterocycles. The van der Waals surface area contributed by atoms with Crippen molar-refractivity contribution < 1.29 is 0 Å². The van der Waals surface area contributed by atoms with Crippen LogP contribution in [0.15, 0.2) is 17.0 Å². The number of H-pyrrole nitrogens is 1. The van der Waals surface area contributed by atoms with Gasteiger partial charge < -0.3 is 14.5 Å². The molecule has 1 unspecified atom stereocenters. The van der Waals surface area contributed by atoms with E-state index in [1.165, 1.54) is 30.6 Å². The first-order valence-corrected chi connectivity index (χ1v) is 9.47. The van der Waals surface area contributed by atoms with Crippen molar-refractivity contribution in [2.45, 2.75) is 47.9 Å². The number of piperidine rings is 1. The van der Waals surface area contributed by atoms with Crippen molar-refractivity contribution in [3.63, 3.8) is 0 Å². The molecule has 3 atom stereocenters. The summed E-state index contributed by atoms with van der Waals surface area (Å²) in [6.07, 6.45) is 5.27. The smallest absolute Gasteiger partial charge is 0.177 e.